The van der Waals surface area contributed by atoms with E-state index in [2.05, 4.69) is 20.1 Å². The molecule has 3 aromatic rings. The van der Waals surface area contributed by atoms with Crippen LogP contribution in [-0.2, 0) is 6.61 Å². The summed E-state index contributed by atoms with van der Waals surface area (Å²) >= 11 is 11.9. The van der Waals surface area contributed by atoms with E-state index >= 15 is 0 Å². The third kappa shape index (κ3) is 3.29. The first-order chi connectivity index (χ1) is 10.2. The Hall–Kier alpha value is -2.18. The lowest BCUT2D eigenvalue weighted by molar-refractivity contribution is 0.279. The van der Waals surface area contributed by atoms with Crippen LogP contribution >= 0.6 is 23.2 Å². The van der Waals surface area contributed by atoms with Gasteiger partial charge in [-0.25, -0.2) is 4.68 Å². The fourth-order valence-corrected chi connectivity index (χ4v) is 1.97. The minimum absolute atomic E-state index is 0.0321. The van der Waals surface area contributed by atoms with Crippen molar-refractivity contribution in [3.63, 3.8) is 0 Å². The number of hydrogen-bond acceptors (Lipinski definition) is 5. The Morgan fingerprint density at radius 2 is 1.90 bits per heavy atom. The zero-order chi connectivity index (χ0) is 14.7. The Labute approximate surface area is 130 Å². The van der Waals surface area contributed by atoms with Crippen LogP contribution in [0, 0.1) is 0 Å². The molecule has 0 saturated heterocycles. The van der Waals surface area contributed by atoms with Gasteiger partial charge in [0.2, 0.25) is 5.28 Å². The largest absolute Gasteiger partial charge is 0.458 e. The highest BCUT2D eigenvalue weighted by Crippen LogP contribution is 2.17. The number of ether oxygens (including phenoxy) is 1. The third-order valence-electron chi connectivity index (χ3n) is 2.60. The van der Waals surface area contributed by atoms with Crippen LogP contribution in [-0.4, -0.2) is 24.7 Å². The minimum atomic E-state index is 0.0321. The van der Waals surface area contributed by atoms with Gasteiger partial charge in [-0.15, -0.1) is 0 Å². The molecular formula is C13H9Cl2N5O. The van der Waals surface area contributed by atoms with E-state index in [0.29, 0.717) is 5.02 Å². The van der Waals surface area contributed by atoms with Crippen LogP contribution in [0.15, 0.2) is 42.7 Å². The second-order valence-electron chi connectivity index (χ2n) is 4.02. The SMILES string of the molecule is Clc1nc(OCc2ccccc2Cl)nc(-n2cccn2)n1. The molecule has 8 heteroatoms. The molecule has 0 aliphatic carbocycles. The molecule has 0 fully saturated rings. The summed E-state index contributed by atoms with van der Waals surface area (Å²) < 4.78 is 6.99. The molecule has 3 rings (SSSR count). The molecule has 0 atom stereocenters. The molecule has 0 amide bonds. The lowest BCUT2D eigenvalue weighted by atomic mass is 10.2. The van der Waals surface area contributed by atoms with Crippen LogP contribution < -0.4 is 4.74 Å². The van der Waals surface area contributed by atoms with E-state index in [0.717, 1.165) is 5.56 Å². The van der Waals surface area contributed by atoms with Crippen molar-refractivity contribution in [1.29, 1.82) is 0 Å². The summed E-state index contributed by atoms with van der Waals surface area (Å²) in [6.45, 7) is 0.235. The molecule has 2 aromatic heterocycles. The van der Waals surface area contributed by atoms with Crippen molar-refractivity contribution in [3.8, 4) is 12.0 Å². The second kappa shape index (κ2) is 6.07. The van der Waals surface area contributed by atoms with E-state index in [1.807, 2.05) is 18.2 Å². The molecule has 0 aliphatic heterocycles. The van der Waals surface area contributed by atoms with Crippen LogP contribution in [0.4, 0.5) is 0 Å². The molecule has 2 heterocycles. The molecule has 0 saturated carbocycles. The summed E-state index contributed by atoms with van der Waals surface area (Å²) in [7, 11) is 0. The fourth-order valence-electron chi connectivity index (χ4n) is 1.63. The van der Waals surface area contributed by atoms with Crippen molar-refractivity contribution in [1.82, 2.24) is 24.7 Å². The van der Waals surface area contributed by atoms with Gasteiger partial charge in [0.1, 0.15) is 6.61 Å². The maximum atomic E-state index is 6.06. The molecule has 0 radical (unpaired) electrons. The van der Waals surface area contributed by atoms with E-state index in [1.54, 1.807) is 24.5 Å². The zero-order valence-electron chi connectivity index (χ0n) is 10.6. The van der Waals surface area contributed by atoms with Gasteiger partial charge >= 0.3 is 6.01 Å². The Morgan fingerprint density at radius 3 is 2.67 bits per heavy atom. The summed E-state index contributed by atoms with van der Waals surface area (Å²) in [5, 5.41) is 4.68. The van der Waals surface area contributed by atoms with Gasteiger partial charge in [-0.2, -0.15) is 20.1 Å². The van der Waals surface area contributed by atoms with Gasteiger partial charge < -0.3 is 4.74 Å². The van der Waals surface area contributed by atoms with Crippen LogP contribution in [0.2, 0.25) is 10.3 Å². The molecular weight excluding hydrogens is 313 g/mol. The van der Waals surface area contributed by atoms with Crippen molar-refractivity contribution in [2.24, 2.45) is 0 Å². The molecule has 0 unspecified atom stereocenters. The van der Waals surface area contributed by atoms with Crippen molar-refractivity contribution >= 4 is 23.2 Å². The quantitative estimate of drug-likeness (QED) is 0.739. The average molecular weight is 322 g/mol. The fraction of sp³-hybridized carbons (Fsp3) is 0.0769. The lowest BCUT2D eigenvalue weighted by Crippen LogP contribution is -2.07. The molecule has 106 valence electrons. The first-order valence-electron chi connectivity index (χ1n) is 6.00. The van der Waals surface area contributed by atoms with E-state index in [1.165, 1.54) is 4.68 Å². The molecule has 0 N–H and O–H groups in total. The van der Waals surface area contributed by atoms with Crippen molar-refractivity contribution in [3.05, 3.63) is 58.6 Å². The van der Waals surface area contributed by atoms with Crippen molar-refractivity contribution in [2.45, 2.75) is 6.61 Å². The lowest BCUT2D eigenvalue weighted by Gasteiger charge is -2.07. The molecule has 6 nitrogen and oxygen atoms in total. The number of hydrogen-bond donors (Lipinski definition) is 0. The summed E-state index contributed by atoms with van der Waals surface area (Å²) in [6.07, 6.45) is 3.31. The predicted molar refractivity (Wildman–Crippen MR) is 77.7 cm³/mol. The first kappa shape index (κ1) is 13.8. The minimum Gasteiger partial charge on any atom is -0.458 e. The maximum Gasteiger partial charge on any atom is 0.322 e. The number of aromatic nitrogens is 5. The molecule has 21 heavy (non-hydrogen) atoms. The van der Waals surface area contributed by atoms with Gasteiger partial charge in [-0.1, -0.05) is 29.8 Å². The Morgan fingerprint density at radius 1 is 1.05 bits per heavy atom. The monoisotopic (exact) mass is 321 g/mol. The van der Waals surface area contributed by atoms with E-state index < -0.39 is 0 Å². The second-order valence-corrected chi connectivity index (χ2v) is 4.76. The van der Waals surface area contributed by atoms with Crippen LogP contribution in [0.25, 0.3) is 5.95 Å². The summed E-state index contributed by atoms with van der Waals surface area (Å²) in [5.41, 5.74) is 0.830. The Bertz CT molecular complexity index is 748. The van der Waals surface area contributed by atoms with Gasteiger partial charge in [-0.3, -0.25) is 0 Å². The summed E-state index contributed by atoms with van der Waals surface area (Å²) in [5.74, 6) is 0.286. The van der Waals surface area contributed by atoms with Crippen LogP contribution in [0.1, 0.15) is 5.56 Å². The Balaban J connectivity index is 1.81. The van der Waals surface area contributed by atoms with Gasteiger partial charge in [0.25, 0.3) is 5.95 Å². The molecule has 0 aliphatic rings. The molecule has 0 spiro atoms. The summed E-state index contributed by atoms with van der Waals surface area (Å²) in [6, 6.07) is 9.24. The molecule has 0 bridgehead atoms. The highest BCUT2D eigenvalue weighted by atomic mass is 35.5. The predicted octanol–water partition coefficient (Wildman–Crippen LogP) is 2.94. The number of benzene rings is 1. The van der Waals surface area contributed by atoms with Crippen molar-refractivity contribution < 1.29 is 4.74 Å². The zero-order valence-corrected chi connectivity index (χ0v) is 12.2. The first-order valence-corrected chi connectivity index (χ1v) is 6.76. The number of halogens is 2. The van der Waals surface area contributed by atoms with E-state index in [-0.39, 0.29) is 23.8 Å². The van der Waals surface area contributed by atoms with Crippen molar-refractivity contribution in [2.75, 3.05) is 0 Å². The smallest absolute Gasteiger partial charge is 0.322 e. The Kier molecular flexibility index (Phi) is 3.98. The van der Waals surface area contributed by atoms with Gasteiger partial charge in [0.05, 0.1) is 0 Å². The maximum absolute atomic E-state index is 6.06. The topological polar surface area (TPSA) is 65.7 Å². The number of rotatable bonds is 4. The van der Waals surface area contributed by atoms with E-state index in [9.17, 15) is 0 Å². The van der Waals surface area contributed by atoms with Gasteiger partial charge in [0, 0.05) is 23.0 Å². The van der Waals surface area contributed by atoms with Crippen LogP contribution in [0.3, 0.4) is 0 Å². The van der Waals surface area contributed by atoms with E-state index in [4.69, 9.17) is 27.9 Å². The normalized spacial score (nSPS) is 10.6. The molecule has 1 aromatic carbocycles. The van der Waals surface area contributed by atoms with Gasteiger partial charge in [0.15, 0.2) is 0 Å². The standard InChI is InChI=1S/C13H9Cl2N5O/c14-10-5-2-1-4-9(10)8-21-13-18-11(15)17-12(19-13)20-7-3-6-16-20/h1-7H,8H2. The average Bonchev–Trinajstić information content (AvgIpc) is 3.00. The third-order valence-corrected chi connectivity index (χ3v) is 3.14. The van der Waals surface area contributed by atoms with Crippen LogP contribution in [0.5, 0.6) is 6.01 Å². The highest BCUT2D eigenvalue weighted by Gasteiger charge is 2.09. The number of nitrogens with zero attached hydrogens (tertiary/aromatic N) is 5. The van der Waals surface area contributed by atoms with Gasteiger partial charge in [-0.05, 0) is 23.7 Å². The highest BCUT2D eigenvalue weighted by molar-refractivity contribution is 6.31. The summed E-state index contributed by atoms with van der Waals surface area (Å²) in [4.78, 5) is 12.1.